The average molecular weight is 408 g/mol. The van der Waals surface area contributed by atoms with Gasteiger partial charge < -0.3 is 15.4 Å². The van der Waals surface area contributed by atoms with E-state index in [4.69, 9.17) is 10.5 Å². The minimum atomic E-state index is -0.699. The van der Waals surface area contributed by atoms with Crippen LogP contribution in [0, 0.1) is 0 Å². The summed E-state index contributed by atoms with van der Waals surface area (Å²) in [5.74, 6) is 0.0962. The van der Waals surface area contributed by atoms with Crippen LogP contribution >= 0.6 is 0 Å². The second-order valence-electron chi connectivity index (χ2n) is 6.93. The summed E-state index contributed by atoms with van der Waals surface area (Å²) < 4.78 is 7.20. The van der Waals surface area contributed by atoms with E-state index in [-0.39, 0.29) is 17.9 Å². The normalized spacial score (nSPS) is 10.6. The third kappa shape index (κ3) is 4.12. The maximum Gasteiger partial charge on any atom is 0.332 e. The number of carbonyl (C=O) groups is 1. The van der Waals surface area contributed by atoms with E-state index in [1.807, 2.05) is 47.4 Å². The highest BCUT2D eigenvalue weighted by atomic mass is 16.5. The molecule has 0 radical (unpaired) electrons. The van der Waals surface area contributed by atoms with E-state index in [2.05, 4.69) is 0 Å². The molecule has 0 atom stereocenters. The predicted octanol–water partition coefficient (Wildman–Crippen LogP) is 1.56. The van der Waals surface area contributed by atoms with Gasteiger partial charge in [0.25, 0.3) is 5.56 Å². The largest absolute Gasteiger partial charge is 0.497 e. The van der Waals surface area contributed by atoms with Crippen LogP contribution in [0.5, 0.6) is 5.75 Å². The molecule has 0 saturated heterocycles. The Hall–Kier alpha value is -3.81. The van der Waals surface area contributed by atoms with Crippen LogP contribution in [-0.2, 0) is 20.6 Å². The van der Waals surface area contributed by atoms with Crippen molar-refractivity contribution in [2.24, 2.45) is 14.1 Å². The number of nitrogen functional groups attached to an aromatic ring is 1. The van der Waals surface area contributed by atoms with Crippen molar-refractivity contribution in [2.75, 3.05) is 24.3 Å². The summed E-state index contributed by atoms with van der Waals surface area (Å²) >= 11 is 0. The number of carbonyl (C=O) groups excluding carboxylic acids is 1. The van der Waals surface area contributed by atoms with Gasteiger partial charge in [0.1, 0.15) is 17.1 Å². The Bertz CT molecular complexity index is 1160. The standard InChI is InChI=1S/C22H24N4O4/c1-24-20(23)19(21(28)25(2)22(24)29)18(27)14-26(13-15-7-5-4-6-8-15)16-9-11-17(30-3)12-10-16/h4-12H,13-14,23H2,1-3H3. The molecule has 0 aliphatic rings. The highest BCUT2D eigenvalue weighted by Crippen LogP contribution is 2.22. The maximum atomic E-state index is 13.1. The van der Waals surface area contributed by atoms with Gasteiger partial charge in [0.2, 0.25) is 0 Å². The number of hydrogen-bond acceptors (Lipinski definition) is 6. The van der Waals surface area contributed by atoms with Gasteiger partial charge in [0, 0.05) is 26.3 Å². The van der Waals surface area contributed by atoms with Crippen molar-refractivity contribution in [3.63, 3.8) is 0 Å². The van der Waals surface area contributed by atoms with Gasteiger partial charge in [-0.1, -0.05) is 30.3 Å². The molecule has 0 fully saturated rings. The molecule has 0 amide bonds. The number of hydrogen-bond donors (Lipinski definition) is 1. The lowest BCUT2D eigenvalue weighted by Gasteiger charge is -2.25. The topological polar surface area (TPSA) is 99.6 Å². The zero-order chi connectivity index (χ0) is 21.8. The second-order valence-corrected chi connectivity index (χ2v) is 6.93. The number of ketones is 1. The van der Waals surface area contributed by atoms with Gasteiger partial charge in [0.15, 0.2) is 5.78 Å². The maximum absolute atomic E-state index is 13.1. The Morgan fingerprint density at radius 1 is 1.00 bits per heavy atom. The molecule has 2 N–H and O–H groups in total. The van der Waals surface area contributed by atoms with E-state index in [0.717, 1.165) is 20.4 Å². The fourth-order valence-electron chi connectivity index (χ4n) is 3.21. The first kappa shape index (κ1) is 20.9. The van der Waals surface area contributed by atoms with Gasteiger partial charge >= 0.3 is 5.69 Å². The van der Waals surface area contributed by atoms with Crippen LogP contribution < -0.4 is 26.6 Å². The van der Waals surface area contributed by atoms with Crippen molar-refractivity contribution in [3.8, 4) is 5.75 Å². The molecular weight excluding hydrogens is 384 g/mol. The summed E-state index contributed by atoms with van der Waals surface area (Å²) in [5, 5.41) is 0. The second kappa shape index (κ2) is 8.69. The lowest BCUT2D eigenvalue weighted by Crippen LogP contribution is -2.43. The number of rotatable bonds is 7. The molecule has 8 heteroatoms. The van der Waals surface area contributed by atoms with Crippen molar-refractivity contribution in [3.05, 3.63) is 86.6 Å². The molecule has 0 spiro atoms. The summed E-state index contributed by atoms with van der Waals surface area (Å²) in [7, 11) is 4.34. The Kier molecular flexibility index (Phi) is 6.06. The minimum Gasteiger partial charge on any atom is -0.497 e. The van der Waals surface area contributed by atoms with Gasteiger partial charge in [0.05, 0.1) is 13.7 Å². The molecule has 0 unspecified atom stereocenters. The summed E-state index contributed by atoms with van der Waals surface area (Å²) in [6.45, 7) is 0.365. The monoisotopic (exact) mass is 408 g/mol. The molecule has 0 saturated carbocycles. The van der Waals surface area contributed by atoms with E-state index in [9.17, 15) is 14.4 Å². The van der Waals surface area contributed by atoms with Gasteiger partial charge in [-0.05, 0) is 29.8 Å². The first-order valence-corrected chi connectivity index (χ1v) is 9.35. The van der Waals surface area contributed by atoms with Crippen LogP contribution in [0.3, 0.4) is 0 Å². The molecule has 3 rings (SSSR count). The lowest BCUT2D eigenvalue weighted by atomic mass is 10.1. The summed E-state index contributed by atoms with van der Waals surface area (Å²) in [4.78, 5) is 39.6. The molecule has 156 valence electrons. The highest BCUT2D eigenvalue weighted by Gasteiger charge is 2.22. The number of nitrogens with zero attached hydrogens (tertiary/aromatic N) is 3. The van der Waals surface area contributed by atoms with Gasteiger partial charge in [-0.3, -0.25) is 18.7 Å². The molecular formula is C22H24N4O4. The zero-order valence-electron chi connectivity index (χ0n) is 17.2. The first-order chi connectivity index (χ1) is 14.3. The Morgan fingerprint density at radius 3 is 2.23 bits per heavy atom. The predicted molar refractivity (Wildman–Crippen MR) is 116 cm³/mol. The Labute approximate surface area is 173 Å². The van der Waals surface area contributed by atoms with Gasteiger partial charge in [-0.25, -0.2) is 4.79 Å². The molecule has 8 nitrogen and oxygen atoms in total. The fraction of sp³-hybridized carbons (Fsp3) is 0.227. The van der Waals surface area contributed by atoms with Crippen molar-refractivity contribution in [1.29, 1.82) is 0 Å². The zero-order valence-corrected chi connectivity index (χ0v) is 17.2. The van der Waals surface area contributed by atoms with Gasteiger partial charge in [-0.15, -0.1) is 0 Å². The number of nitrogens with two attached hydrogens (primary N) is 1. The molecule has 0 bridgehead atoms. The molecule has 0 aliphatic carbocycles. The van der Waals surface area contributed by atoms with E-state index >= 15 is 0 Å². The fourth-order valence-corrected chi connectivity index (χ4v) is 3.21. The van der Waals surface area contributed by atoms with E-state index in [0.29, 0.717) is 12.3 Å². The molecule has 1 aromatic heterocycles. The third-order valence-electron chi connectivity index (χ3n) is 4.98. The Balaban J connectivity index is 1.99. The smallest absolute Gasteiger partial charge is 0.332 e. The summed E-state index contributed by atoms with van der Waals surface area (Å²) in [5.41, 5.74) is 6.27. The average Bonchev–Trinajstić information content (AvgIpc) is 2.77. The van der Waals surface area contributed by atoms with Crippen LogP contribution in [0.25, 0.3) is 0 Å². The van der Waals surface area contributed by atoms with E-state index < -0.39 is 17.0 Å². The lowest BCUT2D eigenvalue weighted by molar-refractivity contribution is 0.0996. The van der Waals surface area contributed by atoms with Crippen LogP contribution in [0.15, 0.2) is 64.2 Å². The Morgan fingerprint density at radius 2 is 1.63 bits per heavy atom. The summed E-state index contributed by atoms with van der Waals surface area (Å²) in [6, 6.07) is 17.0. The van der Waals surface area contributed by atoms with Gasteiger partial charge in [-0.2, -0.15) is 0 Å². The SMILES string of the molecule is COc1ccc(N(CC(=O)c2c(N)n(C)c(=O)n(C)c2=O)Cc2ccccc2)cc1. The third-order valence-corrected chi connectivity index (χ3v) is 4.98. The number of aromatic nitrogens is 2. The molecule has 0 aliphatic heterocycles. The van der Waals surface area contributed by atoms with E-state index in [1.165, 1.54) is 14.1 Å². The number of Topliss-reactive ketones (excluding diaryl/α,β-unsaturated/α-hetero) is 1. The number of benzene rings is 2. The quantitative estimate of drug-likeness (QED) is 0.596. The van der Waals surface area contributed by atoms with Crippen LogP contribution in [-0.4, -0.2) is 28.6 Å². The number of methoxy groups -OCH3 is 1. The molecule has 2 aromatic carbocycles. The van der Waals surface area contributed by atoms with Crippen LogP contribution in [0.1, 0.15) is 15.9 Å². The highest BCUT2D eigenvalue weighted by molar-refractivity contribution is 6.02. The minimum absolute atomic E-state index is 0.0845. The number of ether oxygens (including phenoxy) is 1. The molecule has 1 heterocycles. The number of anilines is 2. The van der Waals surface area contributed by atoms with Crippen molar-refractivity contribution in [2.45, 2.75) is 6.54 Å². The molecule has 30 heavy (non-hydrogen) atoms. The van der Waals surface area contributed by atoms with E-state index in [1.54, 1.807) is 19.2 Å². The van der Waals surface area contributed by atoms with Crippen LogP contribution in [0.2, 0.25) is 0 Å². The van der Waals surface area contributed by atoms with Crippen molar-refractivity contribution >= 4 is 17.3 Å². The van der Waals surface area contributed by atoms with Crippen LogP contribution in [0.4, 0.5) is 11.5 Å². The first-order valence-electron chi connectivity index (χ1n) is 9.35. The molecule has 3 aromatic rings. The van der Waals surface area contributed by atoms with Crippen molar-refractivity contribution in [1.82, 2.24) is 9.13 Å². The summed E-state index contributed by atoms with van der Waals surface area (Å²) in [6.07, 6.45) is 0. The van der Waals surface area contributed by atoms with Crippen molar-refractivity contribution < 1.29 is 9.53 Å².